The second-order valence-electron chi connectivity index (χ2n) is 6.12. The predicted octanol–water partition coefficient (Wildman–Crippen LogP) is 1.94. The monoisotopic (exact) mass is 391 g/mol. The third kappa shape index (κ3) is 5.27. The van der Waals surface area contributed by atoms with Gasteiger partial charge in [0.1, 0.15) is 18.5 Å². The highest BCUT2D eigenvalue weighted by atomic mass is 19.1. The Labute approximate surface area is 161 Å². The molecule has 2 heterocycles. The van der Waals surface area contributed by atoms with E-state index in [0.29, 0.717) is 13.2 Å². The van der Waals surface area contributed by atoms with E-state index in [2.05, 4.69) is 25.9 Å². The molecule has 1 aromatic carbocycles. The van der Waals surface area contributed by atoms with Gasteiger partial charge in [-0.3, -0.25) is 10.3 Å². The summed E-state index contributed by atoms with van der Waals surface area (Å²) in [7, 11) is 1.41. The molecule has 3 rings (SSSR count). The van der Waals surface area contributed by atoms with Crippen LogP contribution in [0.3, 0.4) is 0 Å². The molecule has 0 saturated carbocycles. The van der Waals surface area contributed by atoms with Gasteiger partial charge in [0.15, 0.2) is 17.4 Å². The number of urea groups is 1. The molecule has 0 bridgehead atoms. The summed E-state index contributed by atoms with van der Waals surface area (Å²) in [5, 5.41) is 8.26. The number of nitrogens with zero attached hydrogens (tertiary/aromatic N) is 2. The molecule has 3 N–H and O–H groups in total. The van der Waals surface area contributed by atoms with Crippen LogP contribution in [0, 0.1) is 12.7 Å². The normalized spacial score (nSPS) is 16.3. The van der Waals surface area contributed by atoms with E-state index in [9.17, 15) is 9.18 Å². The van der Waals surface area contributed by atoms with Crippen LogP contribution in [0.1, 0.15) is 5.69 Å². The van der Waals surface area contributed by atoms with Crippen LogP contribution in [0.4, 0.5) is 20.7 Å². The number of hydrogen-bond donors (Lipinski definition) is 3. The van der Waals surface area contributed by atoms with Crippen molar-refractivity contribution in [3.8, 4) is 11.5 Å². The zero-order chi connectivity index (χ0) is 19.9. The molecular weight excluding hydrogens is 369 g/mol. The maximum atomic E-state index is 14.5. The van der Waals surface area contributed by atoms with E-state index in [-0.39, 0.29) is 35.7 Å². The van der Waals surface area contributed by atoms with Gasteiger partial charge in [-0.1, -0.05) is 0 Å². The zero-order valence-electron chi connectivity index (χ0n) is 15.6. The van der Waals surface area contributed by atoms with Gasteiger partial charge in [-0.2, -0.15) is 0 Å². The Morgan fingerprint density at radius 1 is 1.36 bits per heavy atom. The first-order valence-corrected chi connectivity index (χ1v) is 8.74. The van der Waals surface area contributed by atoms with Gasteiger partial charge in [-0.05, 0) is 6.92 Å². The standard InChI is InChI=1S/C18H22FN5O4/c1-11-7-22-16(9-21-11)24-18(25)23-15-6-12(26-2)5-14(19)17(15)28-10-13-8-20-3-4-27-13/h5-7,9,13,20H,3-4,8,10H2,1-2H3,(H2,22,23,24,25)/t13-/m0/s1. The molecule has 9 nitrogen and oxygen atoms in total. The van der Waals surface area contributed by atoms with Gasteiger partial charge in [0, 0.05) is 25.2 Å². The summed E-state index contributed by atoms with van der Waals surface area (Å²) in [5.41, 5.74) is 0.842. The summed E-state index contributed by atoms with van der Waals surface area (Å²) in [6, 6.07) is 2.04. The average molecular weight is 391 g/mol. The van der Waals surface area contributed by atoms with E-state index in [1.54, 1.807) is 6.92 Å². The second kappa shape index (κ2) is 9.29. The summed E-state index contributed by atoms with van der Waals surface area (Å²) in [6.07, 6.45) is 2.74. The maximum Gasteiger partial charge on any atom is 0.325 e. The lowest BCUT2D eigenvalue weighted by Gasteiger charge is -2.24. The minimum Gasteiger partial charge on any atom is -0.497 e. The number of aromatic nitrogens is 2. The van der Waals surface area contributed by atoms with Crippen LogP contribution in [0.15, 0.2) is 24.5 Å². The molecule has 28 heavy (non-hydrogen) atoms. The first-order chi connectivity index (χ1) is 13.5. The first-order valence-electron chi connectivity index (χ1n) is 8.74. The van der Waals surface area contributed by atoms with Crippen molar-refractivity contribution in [3.63, 3.8) is 0 Å². The number of morpholine rings is 1. The molecule has 0 spiro atoms. The van der Waals surface area contributed by atoms with Crippen molar-refractivity contribution in [2.45, 2.75) is 13.0 Å². The van der Waals surface area contributed by atoms with Gasteiger partial charge >= 0.3 is 6.03 Å². The van der Waals surface area contributed by atoms with E-state index in [4.69, 9.17) is 14.2 Å². The summed E-state index contributed by atoms with van der Waals surface area (Å²) < 4.78 is 30.7. The third-order valence-corrected chi connectivity index (χ3v) is 3.94. The van der Waals surface area contributed by atoms with Gasteiger partial charge in [-0.15, -0.1) is 0 Å². The van der Waals surface area contributed by atoms with Crippen LogP contribution >= 0.6 is 0 Å². The van der Waals surface area contributed by atoms with Crippen molar-refractivity contribution in [2.24, 2.45) is 0 Å². The molecule has 1 aromatic heterocycles. The summed E-state index contributed by atoms with van der Waals surface area (Å²) >= 11 is 0. The molecule has 10 heteroatoms. The van der Waals surface area contributed by atoms with E-state index in [0.717, 1.165) is 12.2 Å². The van der Waals surface area contributed by atoms with Crippen LogP contribution < -0.4 is 25.4 Å². The fourth-order valence-electron chi connectivity index (χ4n) is 2.56. The number of methoxy groups -OCH3 is 1. The number of anilines is 2. The summed E-state index contributed by atoms with van der Waals surface area (Å²) in [5.74, 6) is -0.255. The molecule has 1 fully saturated rings. The van der Waals surface area contributed by atoms with Gasteiger partial charge in [0.25, 0.3) is 0 Å². The maximum absolute atomic E-state index is 14.5. The van der Waals surface area contributed by atoms with Gasteiger partial charge < -0.3 is 24.8 Å². The van der Waals surface area contributed by atoms with Crippen molar-refractivity contribution >= 4 is 17.5 Å². The molecule has 1 saturated heterocycles. The number of benzene rings is 1. The highest BCUT2D eigenvalue weighted by Crippen LogP contribution is 2.33. The lowest BCUT2D eigenvalue weighted by Crippen LogP contribution is -2.41. The minimum absolute atomic E-state index is 0.0971. The third-order valence-electron chi connectivity index (χ3n) is 3.94. The Hall–Kier alpha value is -2.98. The largest absolute Gasteiger partial charge is 0.497 e. The Morgan fingerprint density at radius 3 is 2.89 bits per heavy atom. The van der Waals surface area contributed by atoms with E-state index >= 15 is 0 Å². The fraction of sp³-hybridized carbons (Fsp3) is 0.389. The number of nitrogens with one attached hydrogen (secondary N) is 3. The SMILES string of the molecule is COc1cc(F)c(OC[C@@H]2CNCCO2)c(NC(=O)Nc2cnc(C)cn2)c1. The number of amides is 2. The average Bonchev–Trinajstić information content (AvgIpc) is 2.69. The number of ether oxygens (including phenoxy) is 3. The van der Waals surface area contributed by atoms with Gasteiger partial charge in [0.05, 0.1) is 37.5 Å². The fourth-order valence-corrected chi connectivity index (χ4v) is 2.56. The van der Waals surface area contributed by atoms with Crippen molar-refractivity contribution < 1.29 is 23.4 Å². The van der Waals surface area contributed by atoms with Crippen LogP contribution in [-0.2, 0) is 4.74 Å². The molecule has 2 aromatic rings. The molecular formula is C18H22FN5O4. The van der Waals surface area contributed by atoms with Crippen LogP contribution in [0.2, 0.25) is 0 Å². The van der Waals surface area contributed by atoms with Gasteiger partial charge in [-0.25, -0.2) is 14.2 Å². The van der Waals surface area contributed by atoms with E-state index < -0.39 is 11.8 Å². The van der Waals surface area contributed by atoms with Crippen molar-refractivity contribution in [2.75, 3.05) is 44.0 Å². The zero-order valence-corrected chi connectivity index (χ0v) is 15.6. The minimum atomic E-state index is -0.659. The smallest absolute Gasteiger partial charge is 0.325 e. The molecule has 2 amide bonds. The molecule has 0 radical (unpaired) electrons. The lowest BCUT2D eigenvalue weighted by atomic mass is 10.2. The number of carbonyl (C=O) groups excluding carboxylic acids is 1. The van der Waals surface area contributed by atoms with Crippen molar-refractivity contribution in [1.29, 1.82) is 0 Å². The number of aryl methyl sites for hydroxylation is 1. The Morgan fingerprint density at radius 2 is 2.21 bits per heavy atom. The highest BCUT2D eigenvalue weighted by molar-refractivity contribution is 6.00. The summed E-state index contributed by atoms with van der Waals surface area (Å²) in [6.45, 7) is 3.85. The van der Waals surface area contributed by atoms with Crippen LogP contribution in [0.25, 0.3) is 0 Å². The molecule has 1 atom stereocenters. The number of halogens is 1. The van der Waals surface area contributed by atoms with Crippen molar-refractivity contribution in [1.82, 2.24) is 15.3 Å². The Bertz CT molecular complexity index is 812. The molecule has 0 aliphatic carbocycles. The summed E-state index contributed by atoms with van der Waals surface area (Å²) in [4.78, 5) is 20.4. The predicted molar refractivity (Wildman–Crippen MR) is 100 cm³/mol. The van der Waals surface area contributed by atoms with Crippen molar-refractivity contribution in [3.05, 3.63) is 36.0 Å². The molecule has 0 unspecified atom stereocenters. The van der Waals surface area contributed by atoms with Crippen LogP contribution in [-0.4, -0.2) is 55.5 Å². The van der Waals surface area contributed by atoms with E-state index in [1.165, 1.54) is 31.6 Å². The van der Waals surface area contributed by atoms with E-state index in [1.807, 2.05) is 0 Å². The number of carbonyl (C=O) groups is 1. The highest BCUT2D eigenvalue weighted by Gasteiger charge is 2.19. The lowest BCUT2D eigenvalue weighted by molar-refractivity contribution is -0.000378. The first kappa shape index (κ1) is 19.8. The molecule has 150 valence electrons. The molecule has 1 aliphatic heterocycles. The topological polar surface area (TPSA) is 107 Å². The van der Waals surface area contributed by atoms with Gasteiger partial charge in [0.2, 0.25) is 0 Å². The molecule has 1 aliphatic rings. The van der Waals surface area contributed by atoms with Crippen LogP contribution in [0.5, 0.6) is 11.5 Å². The Kier molecular flexibility index (Phi) is 6.56. The number of rotatable bonds is 6. The Balaban J connectivity index is 1.72. The second-order valence-corrected chi connectivity index (χ2v) is 6.12. The number of hydrogen-bond acceptors (Lipinski definition) is 7. The quantitative estimate of drug-likeness (QED) is 0.691.